The van der Waals surface area contributed by atoms with Crippen molar-refractivity contribution < 1.29 is 4.57 Å². The highest BCUT2D eigenvalue weighted by molar-refractivity contribution is 7.45. The van der Waals surface area contributed by atoms with E-state index in [-0.39, 0.29) is 10.6 Å². The Morgan fingerprint density at radius 1 is 1.09 bits per heavy atom. The molecule has 1 radical (unpaired) electrons. The number of hydrogen-bond donors (Lipinski definition) is 0. The van der Waals surface area contributed by atoms with Gasteiger partial charge in [-0.05, 0) is 25.7 Å². The van der Waals surface area contributed by atoms with Crippen LogP contribution in [0.25, 0.3) is 0 Å². The van der Waals surface area contributed by atoms with Crippen LogP contribution in [0.15, 0.2) is 0 Å². The molecule has 0 aliphatic carbocycles. The van der Waals surface area contributed by atoms with Crippen LogP contribution in [0, 0.1) is 5.41 Å². The molecule has 2 heteroatoms. The van der Waals surface area contributed by atoms with Gasteiger partial charge in [-0.2, -0.15) is 0 Å². The van der Waals surface area contributed by atoms with Gasteiger partial charge in [0.15, 0.2) is 0 Å². The molecule has 0 saturated carbocycles. The Balaban J connectivity index is 4.25. The Hall–Kier alpha value is 0.100. The second-order valence-electron chi connectivity index (χ2n) is 5.05. The third-order valence-electron chi connectivity index (χ3n) is 1.82. The van der Waals surface area contributed by atoms with Crippen LogP contribution in [0.3, 0.4) is 0 Å². The summed E-state index contributed by atoms with van der Waals surface area (Å²) in [6.45, 7) is 12.5. The average molecular weight is 175 g/mol. The van der Waals surface area contributed by atoms with E-state index in [4.69, 9.17) is 0 Å². The molecule has 0 aromatic carbocycles. The van der Waals surface area contributed by atoms with E-state index in [1.165, 1.54) is 0 Å². The lowest BCUT2D eigenvalue weighted by atomic mass is 9.86. The minimum absolute atomic E-state index is 0.00637. The Kier molecular flexibility index (Phi) is 3.26. The fourth-order valence-corrected chi connectivity index (χ4v) is 2.11. The summed E-state index contributed by atoms with van der Waals surface area (Å²) >= 11 is 0. The summed E-state index contributed by atoms with van der Waals surface area (Å²) in [5.41, 5.74) is 0.282. The molecule has 11 heavy (non-hydrogen) atoms. The van der Waals surface area contributed by atoms with Gasteiger partial charge in [0.2, 0.25) is 0 Å². The van der Waals surface area contributed by atoms with E-state index in [1.807, 2.05) is 6.66 Å². The van der Waals surface area contributed by atoms with Crippen LogP contribution in [-0.4, -0.2) is 11.8 Å². The van der Waals surface area contributed by atoms with Gasteiger partial charge < -0.3 is 0 Å². The fourth-order valence-electron chi connectivity index (χ4n) is 1.41. The second kappa shape index (κ2) is 3.23. The van der Waals surface area contributed by atoms with Crippen molar-refractivity contribution in [3.8, 4) is 0 Å². The lowest BCUT2D eigenvalue weighted by Gasteiger charge is -2.30. The first kappa shape index (κ1) is 11.1. The molecule has 1 nitrogen and oxygen atoms in total. The molecule has 0 amide bonds. The smallest absolute Gasteiger partial charge is 0.0744 e. The standard InChI is InChI=1S/C9H20OP/c1-8(2,3)7-9(4,5)11(6)10/h7H2,1-6H3. The van der Waals surface area contributed by atoms with Crippen LogP contribution in [0.2, 0.25) is 0 Å². The Bertz CT molecular complexity index is 153. The van der Waals surface area contributed by atoms with Crippen molar-refractivity contribution in [3.63, 3.8) is 0 Å². The molecule has 0 aliphatic rings. The molecule has 0 rings (SSSR count). The third kappa shape index (κ3) is 4.53. The SMILES string of the molecule is C[P](=O)C(C)(C)CC(C)(C)C. The largest absolute Gasteiger partial charge is 0.287 e. The molecule has 0 fully saturated rings. The summed E-state index contributed by atoms with van der Waals surface area (Å²) in [5, 5.41) is -0.00637. The van der Waals surface area contributed by atoms with Gasteiger partial charge in [-0.3, -0.25) is 4.57 Å². The molecule has 0 bridgehead atoms. The van der Waals surface area contributed by atoms with Crippen molar-refractivity contribution in [1.82, 2.24) is 0 Å². The molecular formula is C9H20OP. The van der Waals surface area contributed by atoms with Crippen molar-refractivity contribution in [1.29, 1.82) is 0 Å². The number of rotatable bonds is 2. The molecule has 0 spiro atoms. The van der Waals surface area contributed by atoms with Crippen LogP contribution in [-0.2, 0) is 4.57 Å². The molecule has 0 aromatic rings. The molecule has 0 heterocycles. The van der Waals surface area contributed by atoms with Crippen molar-refractivity contribution in [2.24, 2.45) is 5.41 Å². The normalized spacial score (nSPS) is 14.9. The van der Waals surface area contributed by atoms with E-state index in [9.17, 15) is 4.57 Å². The summed E-state index contributed by atoms with van der Waals surface area (Å²) in [6, 6.07) is 0. The zero-order valence-electron chi connectivity index (χ0n) is 8.56. The molecule has 1 unspecified atom stereocenters. The van der Waals surface area contributed by atoms with Crippen molar-refractivity contribution in [2.75, 3.05) is 6.66 Å². The fraction of sp³-hybridized carbons (Fsp3) is 1.00. The predicted molar refractivity (Wildman–Crippen MR) is 51.7 cm³/mol. The van der Waals surface area contributed by atoms with Crippen LogP contribution >= 0.6 is 7.80 Å². The Labute approximate surface area is 71.4 Å². The van der Waals surface area contributed by atoms with E-state index in [0.717, 1.165) is 6.42 Å². The van der Waals surface area contributed by atoms with Gasteiger partial charge in [-0.15, -0.1) is 0 Å². The summed E-state index contributed by atoms with van der Waals surface area (Å²) in [7, 11) is -1.06. The maximum absolute atomic E-state index is 11.3. The van der Waals surface area contributed by atoms with Crippen LogP contribution < -0.4 is 0 Å². The van der Waals surface area contributed by atoms with Gasteiger partial charge >= 0.3 is 0 Å². The lowest BCUT2D eigenvalue weighted by Crippen LogP contribution is -2.22. The zero-order valence-corrected chi connectivity index (χ0v) is 9.46. The molecule has 1 atom stereocenters. The van der Waals surface area contributed by atoms with Crippen LogP contribution in [0.4, 0.5) is 0 Å². The lowest BCUT2D eigenvalue weighted by molar-refractivity contribution is 0.332. The average Bonchev–Trinajstić information content (AvgIpc) is 1.56. The topological polar surface area (TPSA) is 17.1 Å². The van der Waals surface area contributed by atoms with Crippen molar-refractivity contribution in [3.05, 3.63) is 0 Å². The first-order valence-corrected chi connectivity index (χ1v) is 5.77. The molecule has 67 valence electrons. The predicted octanol–water partition coefficient (Wildman–Crippen LogP) is 3.66. The van der Waals surface area contributed by atoms with E-state index < -0.39 is 7.80 Å². The van der Waals surface area contributed by atoms with Gasteiger partial charge in [0, 0.05) is 11.8 Å². The minimum Gasteiger partial charge on any atom is -0.287 e. The number of hydrogen-bond acceptors (Lipinski definition) is 1. The van der Waals surface area contributed by atoms with E-state index in [0.29, 0.717) is 0 Å². The maximum atomic E-state index is 11.3. The molecule has 0 aliphatic heterocycles. The van der Waals surface area contributed by atoms with Gasteiger partial charge in [0.1, 0.15) is 0 Å². The first-order chi connectivity index (χ1) is 4.65. The summed E-state index contributed by atoms with van der Waals surface area (Å²) in [4.78, 5) is 0. The first-order valence-electron chi connectivity index (χ1n) is 4.06. The van der Waals surface area contributed by atoms with Crippen LogP contribution in [0.5, 0.6) is 0 Å². The maximum Gasteiger partial charge on any atom is 0.0744 e. The molecule has 0 aromatic heterocycles. The monoisotopic (exact) mass is 175 g/mol. The Morgan fingerprint density at radius 3 is 1.55 bits per heavy atom. The van der Waals surface area contributed by atoms with Crippen molar-refractivity contribution in [2.45, 2.75) is 46.2 Å². The quantitative estimate of drug-likeness (QED) is 0.585. The highest BCUT2D eigenvalue weighted by Gasteiger charge is 2.28. The van der Waals surface area contributed by atoms with Gasteiger partial charge in [-0.25, -0.2) is 0 Å². The van der Waals surface area contributed by atoms with Gasteiger partial charge in [0.25, 0.3) is 0 Å². The summed E-state index contributed by atoms with van der Waals surface area (Å²) in [5.74, 6) is 0. The summed E-state index contributed by atoms with van der Waals surface area (Å²) in [6.07, 6.45) is 1.02. The van der Waals surface area contributed by atoms with Crippen LogP contribution in [0.1, 0.15) is 41.0 Å². The minimum atomic E-state index is -1.06. The van der Waals surface area contributed by atoms with E-state index in [2.05, 4.69) is 34.6 Å². The highest BCUT2D eigenvalue weighted by Crippen LogP contribution is 2.43. The van der Waals surface area contributed by atoms with E-state index >= 15 is 0 Å². The molecule has 0 saturated heterocycles. The Morgan fingerprint density at radius 2 is 1.45 bits per heavy atom. The van der Waals surface area contributed by atoms with Crippen molar-refractivity contribution >= 4 is 7.80 Å². The summed E-state index contributed by atoms with van der Waals surface area (Å²) < 4.78 is 11.3. The highest BCUT2D eigenvalue weighted by atomic mass is 31.1. The van der Waals surface area contributed by atoms with Gasteiger partial charge in [0.05, 0.1) is 7.80 Å². The molecular weight excluding hydrogens is 155 g/mol. The zero-order chi connectivity index (χ0) is 9.28. The molecule has 0 N–H and O–H groups in total. The van der Waals surface area contributed by atoms with E-state index in [1.54, 1.807) is 0 Å². The second-order valence-corrected chi connectivity index (χ2v) is 7.25. The van der Waals surface area contributed by atoms with Gasteiger partial charge in [-0.1, -0.05) is 20.8 Å². The third-order valence-corrected chi connectivity index (χ3v) is 3.68.